The Balaban J connectivity index is 2.23. The van der Waals surface area contributed by atoms with E-state index in [2.05, 4.69) is 26.3 Å². The second-order valence-electron chi connectivity index (χ2n) is 3.87. The third kappa shape index (κ3) is 2.93. The van der Waals surface area contributed by atoms with Crippen LogP contribution in [-0.2, 0) is 6.54 Å². The maximum absolute atomic E-state index is 13.6. The molecule has 100 valence electrons. The molecule has 0 aliphatic heterocycles. The lowest BCUT2D eigenvalue weighted by Gasteiger charge is -2.05. The first kappa shape index (κ1) is 13.5. The van der Waals surface area contributed by atoms with E-state index < -0.39 is 11.7 Å². The number of carbonyl (C=O) groups is 1. The summed E-state index contributed by atoms with van der Waals surface area (Å²) in [6, 6.07) is 4.36. The summed E-state index contributed by atoms with van der Waals surface area (Å²) in [5, 5.41) is 6.46. The van der Waals surface area contributed by atoms with Crippen molar-refractivity contribution in [2.45, 2.75) is 13.5 Å². The molecule has 0 saturated carbocycles. The normalized spacial score (nSPS) is 10.5. The van der Waals surface area contributed by atoms with Crippen LogP contribution < -0.4 is 11.1 Å². The number of hydrogen-bond donors (Lipinski definition) is 2. The van der Waals surface area contributed by atoms with Gasteiger partial charge in [-0.15, -0.1) is 0 Å². The molecule has 0 fully saturated rings. The van der Waals surface area contributed by atoms with E-state index in [0.29, 0.717) is 11.0 Å². The zero-order valence-corrected chi connectivity index (χ0v) is 11.7. The van der Waals surface area contributed by atoms with Gasteiger partial charge >= 0.3 is 0 Å². The third-order valence-corrected chi connectivity index (χ3v) is 3.00. The van der Waals surface area contributed by atoms with Gasteiger partial charge in [-0.1, -0.05) is 15.9 Å². The first-order valence-corrected chi connectivity index (χ1v) is 6.40. The van der Waals surface area contributed by atoms with Crippen LogP contribution in [0.1, 0.15) is 17.4 Å². The molecule has 1 amide bonds. The van der Waals surface area contributed by atoms with Crippen LogP contribution in [0.4, 0.5) is 15.8 Å². The molecular formula is C12H12BrFN4O. The molecule has 1 aromatic carbocycles. The number of aryl methyl sites for hydroxylation is 1. The number of anilines is 2. The Kier molecular flexibility index (Phi) is 3.84. The largest absolute Gasteiger partial charge is 0.396 e. The Hall–Kier alpha value is -1.89. The van der Waals surface area contributed by atoms with Crippen molar-refractivity contribution in [3.05, 3.63) is 40.4 Å². The molecule has 5 nitrogen and oxygen atoms in total. The van der Waals surface area contributed by atoms with Crippen molar-refractivity contribution < 1.29 is 9.18 Å². The molecule has 1 aromatic heterocycles. The molecule has 2 rings (SSSR count). The summed E-state index contributed by atoms with van der Waals surface area (Å²) < 4.78 is 15.7. The standard InChI is InChI=1S/C12H12BrFN4O/c1-2-18-6-9(15)11(17-18)12(19)16-10-4-3-7(13)5-8(10)14/h3-6H,2,15H2,1H3,(H,16,19). The predicted molar refractivity (Wildman–Crippen MR) is 74.4 cm³/mol. The minimum atomic E-state index is -0.536. The van der Waals surface area contributed by atoms with Gasteiger partial charge < -0.3 is 11.1 Å². The molecule has 0 atom stereocenters. The van der Waals surface area contributed by atoms with Crippen molar-refractivity contribution >= 4 is 33.2 Å². The zero-order valence-electron chi connectivity index (χ0n) is 10.2. The molecule has 2 aromatic rings. The van der Waals surface area contributed by atoms with Gasteiger partial charge in [0.1, 0.15) is 5.82 Å². The van der Waals surface area contributed by atoms with E-state index in [4.69, 9.17) is 5.73 Å². The lowest BCUT2D eigenvalue weighted by molar-refractivity contribution is 0.102. The smallest absolute Gasteiger partial charge is 0.278 e. The van der Waals surface area contributed by atoms with Gasteiger partial charge in [0, 0.05) is 17.2 Å². The van der Waals surface area contributed by atoms with Gasteiger partial charge in [0.05, 0.1) is 11.4 Å². The van der Waals surface area contributed by atoms with Crippen molar-refractivity contribution in [2.75, 3.05) is 11.1 Å². The van der Waals surface area contributed by atoms with Crippen molar-refractivity contribution in [1.29, 1.82) is 0 Å². The van der Waals surface area contributed by atoms with E-state index in [0.717, 1.165) is 0 Å². The van der Waals surface area contributed by atoms with E-state index >= 15 is 0 Å². The number of nitrogen functional groups attached to an aromatic ring is 1. The van der Waals surface area contributed by atoms with Crippen molar-refractivity contribution in [3.8, 4) is 0 Å². The lowest BCUT2D eigenvalue weighted by Crippen LogP contribution is -2.15. The number of halogens is 2. The Labute approximate surface area is 117 Å². The number of nitrogens with two attached hydrogens (primary N) is 1. The minimum Gasteiger partial charge on any atom is -0.396 e. The van der Waals surface area contributed by atoms with Crippen LogP contribution in [0.3, 0.4) is 0 Å². The molecule has 19 heavy (non-hydrogen) atoms. The van der Waals surface area contributed by atoms with Gasteiger partial charge in [-0.25, -0.2) is 4.39 Å². The van der Waals surface area contributed by atoms with Crippen LogP contribution in [0.5, 0.6) is 0 Å². The van der Waals surface area contributed by atoms with Crippen LogP contribution in [0.2, 0.25) is 0 Å². The molecule has 0 saturated heterocycles. The average molecular weight is 327 g/mol. The summed E-state index contributed by atoms with van der Waals surface area (Å²) in [5.74, 6) is -1.07. The maximum atomic E-state index is 13.6. The van der Waals surface area contributed by atoms with Crippen molar-refractivity contribution in [2.24, 2.45) is 0 Å². The van der Waals surface area contributed by atoms with Gasteiger partial charge in [0.15, 0.2) is 5.69 Å². The van der Waals surface area contributed by atoms with Crippen molar-refractivity contribution in [1.82, 2.24) is 9.78 Å². The van der Waals surface area contributed by atoms with Crippen LogP contribution in [0, 0.1) is 5.82 Å². The van der Waals surface area contributed by atoms with Crippen LogP contribution in [-0.4, -0.2) is 15.7 Å². The van der Waals surface area contributed by atoms with E-state index in [9.17, 15) is 9.18 Å². The lowest BCUT2D eigenvalue weighted by atomic mass is 10.3. The quantitative estimate of drug-likeness (QED) is 0.910. The number of nitrogens with zero attached hydrogens (tertiary/aromatic N) is 2. The number of nitrogens with one attached hydrogen (secondary N) is 1. The Bertz CT molecular complexity index is 626. The molecule has 0 aliphatic rings. The number of rotatable bonds is 3. The Morgan fingerprint density at radius 3 is 2.89 bits per heavy atom. The minimum absolute atomic E-state index is 0.0821. The summed E-state index contributed by atoms with van der Waals surface area (Å²) in [6.07, 6.45) is 1.56. The first-order valence-electron chi connectivity index (χ1n) is 5.60. The van der Waals surface area contributed by atoms with Gasteiger partial charge in [-0.2, -0.15) is 5.10 Å². The van der Waals surface area contributed by atoms with E-state index in [1.165, 1.54) is 12.1 Å². The first-order chi connectivity index (χ1) is 9.01. The van der Waals surface area contributed by atoms with E-state index in [1.54, 1.807) is 16.9 Å². The fourth-order valence-corrected chi connectivity index (χ4v) is 1.88. The fraction of sp³-hybridized carbons (Fsp3) is 0.167. The summed E-state index contributed by atoms with van der Waals surface area (Å²) in [5.41, 5.74) is 6.12. The highest BCUT2D eigenvalue weighted by Gasteiger charge is 2.16. The molecule has 0 radical (unpaired) electrons. The molecule has 0 bridgehead atoms. The van der Waals surface area contributed by atoms with E-state index in [1.807, 2.05) is 6.92 Å². The van der Waals surface area contributed by atoms with Gasteiger partial charge in [0.25, 0.3) is 5.91 Å². The van der Waals surface area contributed by atoms with Gasteiger partial charge in [-0.3, -0.25) is 9.48 Å². The second-order valence-corrected chi connectivity index (χ2v) is 4.78. The summed E-state index contributed by atoms with van der Waals surface area (Å²) in [6.45, 7) is 2.48. The number of carbonyl (C=O) groups excluding carboxylic acids is 1. The second kappa shape index (κ2) is 5.40. The highest BCUT2D eigenvalue weighted by Crippen LogP contribution is 2.20. The topological polar surface area (TPSA) is 72.9 Å². The molecule has 1 heterocycles. The molecule has 7 heteroatoms. The molecule has 0 spiro atoms. The van der Waals surface area contributed by atoms with Gasteiger partial charge in [-0.05, 0) is 25.1 Å². The number of benzene rings is 1. The molecule has 0 aliphatic carbocycles. The highest BCUT2D eigenvalue weighted by molar-refractivity contribution is 9.10. The molecule has 3 N–H and O–H groups in total. The summed E-state index contributed by atoms with van der Waals surface area (Å²) >= 11 is 3.14. The Morgan fingerprint density at radius 1 is 1.58 bits per heavy atom. The van der Waals surface area contributed by atoms with Crippen LogP contribution >= 0.6 is 15.9 Å². The predicted octanol–water partition coefficient (Wildman–Crippen LogP) is 2.64. The monoisotopic (exact) mass is 326 g/mol. The SMILES string of the molecule is CCn1cc(N)c(C(=O)Nc2ccc(Br)cc2F)n1. The third-order valence-electron chi connectivity index (χ3n) is 2.51. The number of amides is 1. The summed E-state index contributed by atoms with van der Waals surface area (Å²) in [4.78, 5) is 12.0. The highest BCUT2D eigenvalue weighted by atomic mass is 79.9. The maximum Gasteiger partial charge on any atom is 0.278 e. The molecule has 0 unspecified atom stereocenters. The van der Waals surface area contributed by atoms with Crippen LogP contribution in [0.15, 0.2) is 28.9 Å². The van der Waals surface area contributed by atoms with E-state index in [-0.39, 0.29) is 17.1 Å². The summed E-state index contributed by atoms with van der Waals surface area (Å²) in [7, 11) is 0. The molecular weight excluding hydrogens is 315 g/mol. The number of aromatic nitrogens is 2. The number of hydrogen-bond acceptors (Lipinski definition) is 3. The fourth-order valence-electron chi connectivity index (χ4n) is 1.55. The zero-order chi connectivity index (χ0) is 14.0. The average Bonchev–Trinajstić information content (AvgIpc) is 2.74. The Morgan fingerprint density at radius 2 is 2.32 bits per heavy atom. The van der Waals surface area contributed by atoms with Gasteiger partial charge in [0.2, 0.25) is 0 Å². The van der Waals surface area contributed by atoms with Crippen molar-refractivity contribution in [3.63, 3.8) is 0 Å². The van der Waals surface area contributed by atoms with Crippen LogP contribution in [0.25, 0.3) is 0 Å².